The lowest BCUT2D eigenvalue weighted by Crippen LogP contribution is -2.30. The summed E-state index contributed by atoms with van der Waals surface area (Å²) in [6.07, 6.45) is 3.83. The van der Waals surface area contributed by atoms with E-state index in [1.807, 2.05) is 31.3 Å². The Bertz CT molecular complexity index is 706. The zero-order valence-corrected chi connectivity index (χ0v) is 18.8. The van der Waals surface area contributed by atoms with E-state index in [9.17, 15) is 0 Å². The summed E-state index contributed by atoms with van der Waals surface area (Å²) in [6.45, 7) is 5.65. The number of anilines is 1. The van der Waals surface area contributed by atoms with Gasteiger partial charge in [-0.2, -0.15) is 0 Å². The summed E-state index contributed by atoms with van der Waals surface area (Å²) in [5.41, 5.74) is 0.889. The van der Waals surface area contributed by atoms with Crippen molar-refractivity contribution in [1.29, 1.82) is 0 Å². The number of thiazole rings is 1. The van der Waals surface area contributed by atoms with Gasteiger partial charge in [-0.05, 0) is 25.5 Å². The molecule has 8 heteroatoms. The first-order chi connectivity index (χ1) is 12.2. The number of benzene rings is 1. The topological polar surface area (TPSA) is 67.8 Å². The third kappa shape index (κ3) is 6.64. The summed E-state index contributed by atoms with van der Waals surface area (Å²) in [7, 11) is 3.25. The van der Waals surface area contributed by atoms with Crippen LogP contribution in [0.5, 0.6) is 11.5 Å². The fourth-order valence-corrected chi connectivity index (χ4v) is 3.10. The summed E-state index contributed by atoms with van der Waals surface area (Å²) in [5.74, 6) is 2.12. The van der Waals surface area contributed by atoms with E-state index in [0.29, 0.717) is 18.0 Å². The number of ether oxygens (including phenoxy) is 2. The van der Waals surface area contributed by atoms with Gasteiger partial charge in [0, 0.05) is 42.3 Å². The Morgan fingerprint density at radius 2 is 1.96 bits per heavy atom. The number of rotatable bonds is 8. The molecule has 26 heavy (non-hydrogen) atoms. The first-order valence-corrected chi connectivity index (χ1v) is 9.22. The molecule has 0 aliphatic carbocycles. The predicted molar refractivity (Wildman–Crippen MR) is 120 cm³/mol. The molecule has 1 aromatic heterocycles. The molecule has 0 saturated carbocycles. The van der Waals surface area contributed by atoms with E-state index in [1.165, 1.54) is 4.88 Å². The van der Waals surface area contributed by atoms with E-state index >= 15 is 0 Å². The molecule has 0 radical (unpaired) electrons. The first kappa shape index (κ1) is 22.5. The van der Waals surface area contributed by atoms with Crippen molar-refractivity contribution in [3.63, 3.8) is 0 Å². The molecular weight excluding hydrogens is 463 g/mol. The van der Waals surface area contributed by atoms with Crippen LogP contribution in [0.25, 0.3) is 0 Å². The second kappa shape index (κ2) is 11.9. The number of nitrogens with one attached hydrogen (secondary N) is 2. The normalized spacial score (nSPS) is 10.8. The SMILES string of the molecule is CCNC(=NCCc1ncc(CC)s1)Nc1ccc(OC)c(OC)c1.I. The third-order valence-corrected chi connectivity index (χ3v) is 4.74. The minimum atomic E-state index is 0. The Morgan fingerprint density at radius 3 is 2.58 bits per heavy atom. The molecule has 0 saturated heterocycles. The number of aromatic nitrogens is 1. The number of halogens is 1. The number of guanidine groups is 1. The molecule has 0 fully saturated rings. The van der Waals surface area contributed by atoms with Crippen molar-refractivity contribution in [2.45, 2.75) is 26.7 Å². The lowest BCUT2D eigenvalue weighted by Gasteiger charge is -2.13. The van der Waals surface area contributed by atoms with Crippen LogP contribution >= 0.6 is 35.3 Å². The second-order valence-corrected chi connectivity index (χ2v) is 6.48. The standard InChI is InChI=1S/C18H26N4O2S.HI/c1-5-14-12-21-17(25-14)9-10-20-18(19-6-2)22-13-7-8-15(23-3)16(11-13)24-4;/h7-8,11-12H,5-6,9-10H2,1-4H3,(H2,19,20,22);1H. The van der Waals surface area contributed by atoms with E-state index in [0.717, 1.165) is 36.0 Å². The lowest BCUT2D eigenvalue weighted by molar-refractivity contribution is 0.355. The third-order valence-electron chi connectivity index (χ3n) is 3.54. The predicted octanol–water partition coefficient (Wildman–Crippen LogP) is 3.96. The molecule has 144 valence electrons. The molecule has 0 bridgehead atoms. The molecule has 0 atom stereocenters. The van der Waals surface area contributed by atoms with Gasteiger partial charge in [-0.25, -0.2) is 4.98 Å². The van der Waals surface area contributed by atoms with Crippen molar-refractivity contribution in [2.75, 3.05) is 32.6 Å². The Labute approximate surface area is 176 Å². The highest BCUT2D eigenvalue weighted by Crippen LogP contribution is 2.29. The summed E-state index contributed by atoms with van der Waals surface area (Å²) in [4.78, 5) is 10.4. The van der Waals surface area contributed by atoms with Crippen molar-refractivity contribution < 1.29 is 9.47 Å². The van der Waals surface area contributed by atoms with Gasteiger partial charge in [-0.1, -0.05) is 6.92 Å². The van der Waals surface area contributed by atoms with Gasteiger partial charge in [0.25, 0.3) is 0 Å². The highest BCUT2D eigenvalue weighted by atomic mass is 127. The Hall–Kier alpha value is -1.55. The number of aryl methyl sites for hydroxylation is 1. The smallest absolute Gasteiger partial charge is 0.195 e. The van der Waals surface area contributed by atoms with Gasteiger partial charge < -0.3 is 20.1 Å². The van der Waals surface area contributed by atoms with Crippen molar-refractivity contribution in [3.8, 4) is 11.5 Å². The van der Waals surface area contributed by atoms with Gasteiger partial charge in [-0.15, -0.1) is 35.3 Å². The number of nitrogens with zero attached hydrogens (tertiary/aromatic N) is 2. The van der Waals surface area contributed by atoms with Gasteiger partial charge in [0.05, 0.1) is 19.2 Å². The maximum atomic E-state index is 5.34. The average Bonchev–Trinajstić information content (AvgIpc) is 3.09. The summed E-state index contributed by atoms with van der Waals surface area (Å²) >= 11 is 1.76. The number of hydrogen-bond acceptors (Lipinski definition) is 5. The van der Waals surface area contributed by atoms with E-state index in [1.54, 1.807) is 25.6 Å². The van der Waals surface area contributed by atoms with E-state index in [2.05, 4.69) is 27.5 Å². The molecule has 0 aliphatic rings. The fourth-order valence-electron chi connectivity index (χ4n) is 2.25. The molecule has 2 rings (SSSR count). The molecule has 1 heterocycles. The van der Waals surface area contributed by atoms with Gasteiger partial charge >= 0.3 is 0 Å². The van der Waals surface area contributed by atoms with Crippen LogP contribution in [0.3, 0.4) is 0 Å². The Kier molecular flexibility index (Phi) is 10.3. The van der Waals surface area contributed by atoms with Crippen molar-refractivity contribution in [3.05, 3.63) is 34.3 Å². The molecule has 0 unspecified atom stereocenters. The van der Waals surface area contributed by atoms with Crippen LogP contribution in [0.1, 0.15) is 23.7 Å². The molecular formula is C18H27IN4O2S. The summed E-state index contributed by atoms with van der Waals surface area (Å²) in [5, 5.41) is 7.67. The number of aliphatic imine (C=N–C) groups is 1. The first-order valence-electron chi connectivity index (χ1n) is 8.41. The monoisotopic (exact) mass is 490 g/mol. The summed E-state index contributed by atoms with van der Waals surface area (Å²) < 4.78 is 10.6. The highest BCUT2D eigenvalue weighted by molar-refractivity contribution is 14.0. The van der Waals surface area contributed by atoms with Crippen molar-refractivity contribution in [1.82, 2.24) is 10.3 Å². The Morgan fingerprint density at radius 1 is 1.19 bits per heavy atom. The van der Waals surface area contributed by atoms with Crippen LogP contribution in [-0.2, 0) is 12.8 Å². The van der Waals surface area contributed by atoms with Crippen molar-refractivity contribution in [2.24, 2.45) is 4.99 Å². The maximum Gasteiger partial charge on any atom is 0.195 e. The second-order valence-electron chi connectivity index (χ2n) is 5.28. The fraction of sp³-hybridized carbons (Fsp3) is 0.444. The lowest BCUT2D eigenvalue weighted by atomic mass is 10.3. The maximum absolute atomic E-state index is 5.34. The molecule has 2 aromatic rings. The number of hydrogen-bond donors (Lipinski definition) is 2. The number of methoxy groups -OCH3 is 2. The van der Waals surface area contributed by atoms with Crippen LogP contribution in [0.4, 0.5) is 5.69 Å². The molecule has 6 nitrogen and oxygen atoms in total. The van der Waals surface area contributed by atoms with Crippen molar-refractivity contribution >= 4 is 47.0 Å². The van der Waals surface area contributed by atoms with Crippen LogP contribution in [-0.4, -0.2) is 38.3 Å². The average molecular weight is 490 g/mol. The van der Waals surface area contributed by atoms with Crippen LogP contribution in [0.15, 0.2) is 29.4 Å². The van der Waals surface area contributed by atoms with Crippen LogP contribution in [0.2, 0.25) is 0 Å². The van der Waals surface area contributed by atoms with Crippen LogP contribution in [0, 0.1) is 0 Å². The quantitative estimate of drug-likeness (QED) is 0.333. The van der Waals surface area contributed by atoms with E-state index in [-0.39, 0.29) is 24.0 Å². The van der Waals surface area contributed by atoms with E-state index < -0.39 is 0 Å². The molecule has 0 amide bonds. The molecule has 1 aromatic carbocycles. The van der Waals surface area contributed by atoms with Gasteiger partial charge in [0.15, 0.2) is 17.5 Å². The molecule has 2 N–H and O–H groups in total. The zero-order valence-electron chi connectivity index (χ0n) is 15.7. The van der Waals surface area contributed by atoms with Crippen LogP contribution < -0.4 is 20.1 Å². The largest absolute Gasteiger partial charge is 0.493 e. The Balaban J connectivity index is 0.00000338. The molecule has 0 spiro atoms. The van der Waals surface area contributed by atoms with E-state index in [4.69, 9.17) is 9.47 Å². The minimum absolute atomic E-state index is 0. The molecule has 0 aliphatic heterocycles. The zero-order chi connectivity index (χ0) is 18.1. The van der Waals surface area contributed by atoms with Gasteiger partial charge in [0.1, 0.15) is 0 Å². The minimum Gasteiger partial charge on any atom is -0.493 e. The highest BCUT2D eigenvalue weighted by Gasteiger charge is 2.06. The summed E-state index contributed by atoms with van der Waals surface area (Å²) in [6, 6.07) is 5.69. The van der Waals surface area contributed by atoms with Gasteiger partial charge in [0.2, 0.25) is 0 Å². The van der Waals surface area contributed by atoms with Gasteiger partial charge in [-0.3, -0.25) is 4.99 Å².